The van der Waals surface area contributed by atoms with Crippen LogP contribution in [-0.2, 0) is 13.5 Å². The van der Waals surface area contributed by atoms with Crippen LogP contribution in [0.5, 0.6) is 5.75 Å². The molecule has 0 saturated heterocycles. The van der Waals surface area contributed by atoms with Crippen LogP contribution in [0.2, 0.25) is 0 Å². The Morgan fingerprint density at radius 2 is 2.07 bits per heavy atom. The summed E-state index contributed by atoms with van der Waals surface area (Å²) in [5.74, 6) is -0.0244. The van der Waals surface area contributed by atoms with Gasteiger partial charge in [0.2, 0.25) is 0 Å². The molecule has 0 fully saturated rings. The maximum Gasteiger partial charge on any atom is 0.256 e. The first-order chi connectivity index (χ1) is 13.5. The van der Waals surface area contributed by atoms with Gasteiger partial charge in [0.1, 0.15) is 24.7 Å². The summed E-state index contributed by atoms with van der Waals surface area (Å²) in [6.45, 7) is -0.221. The smallest absolute Gasteiger partial charge is 0.256 e. The lowest BCUT2D eigenvalue weighted by atomic mass is 10.0. The standard InChI is InChI=1S/C20H20F2N4O2/c1-25-9-7-15-18(20(25)27)13-4-6-17(24-19(13)26(15)2)23-12-3-5-14(22)16(11-12)28-10-8-21/h3-6,11H,7-10H2,1-2H3,(H,23,24). The Kier molecular flexibility index (Phi) is 4.62. The van der Waals surface area contributed by atoms with Gasteiger partial charge in [-0.1, -0.05) is 0 Å². The summed E-state index contributed by atoms with van der Waals surface area (Å²) in [7, 11) is 3.70. The van der Waals surface area contributed by atoms with E-state index in [4.69, 9.17) is 4.74 Å². The molecule has 3 aromatic rings. The fourth-order valence-electron chi connectivity index (χ4n) is 3.51. The number of hydrogen-bond acceptors (Lipinski definition) is 4. The zero-order valence-electron chi connectivity index (χ0n) is 15.6. The summed E-state index contributed by atoms with van der Waals surface area (Å²) in [5, 5.41) is 3.92. The third-order valence-electron chi connectivity index (χ3n) is 4.94. The minimum absolute atomic E-state index is 0.00236. The molecule has 1 N–H and O–H groups in total. The van der Waals surface area contributed by atoms with Gasteiger partial charge < -0.3 is 19.5 Å². The predicted octanol–water partition coefficient (Wildman–Crippen LogP) is 3.43. The summed E-state index contributed by atoms with van der Waals surface area (Å²) in [6.07, 6.45) is 0.778. The number of rotatable bonds is 5. The van der Waals surface area contributed by atoms with E-state index in [9.17, 15) is 13.6 Å². The number of aromatic nitrogens is 2. The highest BCUT2D eigenvalue weighted by Gasteiger charge is 2.28. The normalized spacial score (nSPS) is 13.7. The van der Waals surface area contributed by atoms with E-state index in [-0.39, 0.29) is 18.3 Å². The molecule has 146 valence electrons. The van der Waals surface area contributed by atoms with Gasteiger partial charge in [0.15, 0.2) is 11.6 Å². The number of pyridine rings is 1. The van der Waals surface area contributed by atoms with Gasteiger partial charge in [-0.05, 0) is 24.3 Å². The molecule has 1 aliphatic heterocycles. The molecule has 2 aromatic heterocycles. The summed E-state index contributed by atoms with van der Waals surface area (Å²) >= 11 is 0. The molecule has 0 bridgehead atoms. The van der Waals surface area contributed by atoms with E-state index >= 15 is 0 Å². The van der Waals surface area contributed by atoms with Crippen molar-refractivity contribution < 1.29 is 18.3 Å². The maximum atomic E-state index is 13.8. The lowest BCUT2D eigenvalue weighted by Crippen LogP contribution is -2.34. The number of alkyl halides is 1. The minimum Gasteiger partial charge on any atom is -0.488 e. The lowest BCUT2D eigenvalue weighted by molar-refractivity contribution is 0.0781. The zero-order valence-corrected chi connectivity index (χ0v) is 15.6. The predicted molar refractivity (Wildman–Crippen MR) is 103 cm³/mol. The van der Waals surface area contributed by atoms with Gasteiger partial charge in [0, 0.05) is 49.9 Å². The van der Waals surface area contributed by atoms with Crippen LogP contribution in [0.1, 0.15) is 16.1 Å². The molecular weight excluding hydrogens is 366 g/mol. The number of carbonyl (C=O) groups is 1. The summed E-state index contributed by atoms with van der Waals surface area (Å²) in [6, 6.07) is 7.91. The Morgan fingerprint density at radius 3 is 2.86 bits per heavy atom. The Labute approximate surface area is 160 Å². The second kappa shape index (κ2) is 7.10. The van der Waals surface area contributed by atoms with E-state index in [1.807, 2.05) is 17.7 Å². The third kappa shape index (κ3) is 3.04. The summed E-state index contributed by atoms with van der Waals surface area (Å²) in [5.41, 5.74) is 2.95. The first-order valence-corrected chi connectivity index (χ1v) is 8.98. The Morgan fingerprint density at radius 1 is 1.25 bits per heavy atom. The van der Waals surface area contributed by atoms with Crippen LogP contribution < -0.4 is 10.1 Å². The van der Waals surface area contributed by atoms with Gasteiger partial charge in [-0.25, -0.2) is 13.8 Å². The van der Waals surface area contributed by atoms with Gasteiger partial charge >= 0.3 is 0 Å². The highest BCUT2D eigenvalue weighted by atomic mass is 19.1. The Balaban J connectivity index is 1.68. The molecule has 0 saturated carbocycles. The van der Waals surface area contributed by atoms with Crippen molar-refractivity contribution in [2.45, 2.75) is 6.42 Å². The van der Waals surface area contributed by atoms with E-state index in [2.05, 4.69) is 10.3 Å². The van der Waals surface area contributed by atoms with Crippen LogP contribution >= 0.6 is 0 Å². The van der Waals surface area contributed by atoms with E-state index < -0.39 is 12.5 Å². The molecular formula is C20H20F2N4O2. The van der Waals surface area contributed by atoms with Crippen molar-refractivity contribution in [1.29, 1.82) is 0 Å². The number of carbonyl (C=O) groups excluding carboxylic acids is 1. The molecule has 8 heteroatoms. The van der Waals surface area contributed by atoms with Gasteiger partial charge in [0.05, 0.1) is 5.56 Å². The Bertz CT molecular complexity index is 1060. The molecule has 0 unspecified atom stereocenters. The number of amides is 1. The molecule has 0 aliphatic carbocycles. The first kappa shape index (κ1) is 18.2. The van der Waals surface area contributed by atoms with Crippen LogP contribution in [0, 0.1) is 5.82 Å². The van der Waals surface area contributed by atoms with Crippen LogP contribution in [0.15, 0.2) is 30.3 Å². The third-order valence-corrected chi connectivity index (χ3v) is 4.94. The van der Waals surface area contributed by atoms with E-state index in [0.717, 1.165) is 17.5 Å². The average Bonchev–Trinajstić information content (AvgIpc) is 2.97. The van der Waals surface area contributed by atoms with Crippen LogP contribution in [-0.4, -0.2) is 47.2 Å². The lowest BCUT2D eigenvalue weighted by Gasteiger charge is -2.23. The van der Waals surface area contributed by atoms with Gasteiger partial charge in [-0.15, -0.1) is 0 Å². The van der Waals surface area contributed by atoms with Gasteiger partial charge in [-0.2, -0.15) is 0 Å². The zero-order chi connectivity index (χ0) is 19.8. The maximum absolute atomic E-state index is 13.8. The molecule has 0 atom stereocenters. The number of anilines is 2. The number of nitrogens with one attached hydrogen (secondary N) is 1. The number of hydrogen-bond donors (Lipinski definition) is 1. The summed E-state index contributed by atoms with van der Waals surface area (Å²) < 4.78 is 33.1. The minimum atomic E-state index is -0.693. The number of ether oxygens (including phenoxy) is 1. The molecule has 1 amide bonds. The fourth-order valence-corrected chi connectivity index (χ4v) is 3.51. The number of likely N-dealkylation sites (N-methyl/N-ethyl adjacent to an activating group) is 1. The number of halogens is 2. The topological polar surface area (TPSA) is 59.4 Å². The van der Waals surface area contributed by atoms with Crippen LogP contribution in [0.25, 0.3) is 11.0 Å². The van der Waals surface area contributed by atoms with Gasteiger partial charge in [0.25, 0.3) is 5.91 Å². The number of fused-ring (bicyclic) bond motifs is 3. The molecule has 4 rings (SSSR count). The van der Waals surface area contributed by atoms with Crippen molar-refractivity contribution >= 4 is 28.4 Å². The van der Waals surface area contributed by atoms with Crippen LogP contribution in [0.3, 0.4) is 0 Å². The summed E-state index contributed by atoms with van der Waals surface area (Å²) in [4.78, 5) is 18.9. The molecule has 1 aliphatic rings. The van der Waals surface area contributed by atoms with Crippen molar-refractivity contribution in [2.75, 3.05) is 32.2 Å². The van der Waals surface area contributed by atoms with Crippen molar-refractivity contribution in [1.82, 2.24) is 14.5 Å². The fraction of sp³-hybridized carbons (Fsp3) is 0.300. The van der Waals surface area contributed by atoms with Crippen molar-refractivity contribution in [2.24, 2.45) is 7.05 Å². The second-order valence-corrected chi connectivity index (χ2v) is 6.73. The van der Waals surface area contributed by atoms with E-state index in [1.54, 1.807) is 24.1 Å². The molecule has 0 radical (unpaired) electrons. The molecule has 1 aromatic carbocycles. The monoisotopic (exact) mass is 386 g/mol. The average molecular weight is 386 g/mol. The number of nitrogens with zero attached hydrogens (tertiary/aromatic N) is 3. The largest absolute Gasteiger partial charge is 0.488 e. The first-order valence-electron chi connectivity index (χ1n) is 8.98. The highest BCUT2D eigenvalue weighted by molar-refractivity contribution is 6.08. The molecule has 6 nitrogen and oxygen atoms in total. The highest BCUT2D eigenvalue weighted by Crippen LogP contribution is 2.31. The Hall–Kier alpha value is -3.16. The second-order valence-electron chi connectivity index (χ2n) is 6.73. The quantitative estimate of drug-likeness (QED) is 0.730. The molecule has 0 spiro atoms. The van der Waals surface area contributed by atoms with Crippen molar-refractivity contribution in [3.63, 3.8) is 0 Å². The SMILES string of the molecule is CN1CCc2c(c3ccc(Nc4ccc(F)c(OCCF)c4)nc3n2C)C1=O. The van der Waals surface area contributed by atoms with Crippen LogP contribution in [0.4, 0.5) is 20.3 Å². The molecule has 3 heterocycles. The van der Waals surface area contributed by atoms with E-state index in [1.165, 1.54) is 12.1 Å². The number of benzene rings is 1. The number of aryl methyl sites for hydroxylation is 1. The van der Waals surface area contributed by atoms with E-state index in [0.29, 0.717) is 29.3 Å². The van der Waals surface area contributed by atoms with Crippen molar-refractivity contribution in [3.05, 3.63) is 47.4 Å². The molecule has 28 heavy (non-hydrogen) atoms. The van der Waals surface area contributed by atoms with Crippen molar-refractivity contribution in [3.8, 4) is 5.75 Å². The van der Waals surface area contributed by atoms with Gasteiger partial charge in [-0.3, -0.25) is 4.79 Å².